The summed E-state index contributed by atoms with van der Waals surface area (Å²) in [4.78, 5) is 15.5. The molecule has 5 nitrogen and oxygen atoms in total. The number of morpholine rings is 1. The van der Waals surface area contributed by atoms with Crippen LogP contribution in [0.5, 0.6) is 0 Å². The van der Waals surface area contributed by atoms with E-state index >= 15 is 0 Å². The van der Waals surface area contributed by atoms with E-state index in [0.717, 1.165) is 37.7 Å². The van der Waals surface area contributed by atoms with Crippen LogP contribution in [0.4, 0.5) is 0 Å². The molecule has 2 aliphatic rings. The summed E-state index contributed by atoms with van der Waals surface area (Å²) in [5, 5.41) is 0. The van der Waals surface area contributed by atoms with E-state index in [0.29, 0.717) is 31.2 Å². The van der Waals surface area contributed by atoms with Crippen molar-refractivity contribution < 1.29 is 17.9 Å². The Morgan fingerprint density at radius 2 is 1.62 bits per heavy atom. The molecule has 1 saturated carbocycles. The molecule has 3 rings (SSSR count). The van der Waals surface area contributed by atoms with Crippen LogP contribution in [0.25, 0.3) is 0 Å². The molecule has 0 atom stereocenters. The lowest BCUT2D eigenvalue weighted by molar-refractivity contribution is -0.143. The zero-order valence-corrected chi connectivity index (χ0v) is 15.0. The third-order valence-corrected chi connectivity index (χ3v) is 6.38. The number of sulfone groups is 1. The topological polar surface area (TPSA) is 63.7 Å². The van der Waals surface area contributed by atoms with Gasteiger partial charge in [-0.25, -0.2) is 8.42 Å². The van der Waals surface area contributed by atoms with Crippen molar-refractivity contribution in [2.75, 3.05) is 32.6 Å². The number of amides is 1. The van der Waals surface area contributed by atoms with E-state index in [1.807, 2.05) is 17.0 Å². The number of nitrogens with zero attached hydrogens (tertiary/aromatic N) is 1. The first kappa shape index (κ1) is 17.4. The maximum absolute atomic E-state index is 13.3. The van der Waals surface area contributed by atoms with E-state index in [1.165, 1.54) is 6.26 Å². The van der Waals surface area contributed by atoms with Crippen molar-refractivity contribution in [1.29, 1.82) is 0 Å². The summed E-state index contributed by atoms with van der Waals surface area (Å²) in [5.41, 5.74) is 0.442. The van der Waals surface area contributed by atoms with Crippen molar-refractivity contribution >= 4 is 15.7 Å². The van der Waals surface area contributed by atoms with Gasteiger partial charge in [-0.15, -0.1) is 0 Å². The van der Waals surface area contributed by atoms with Crippen LogP contribution >= 0.6 is 0 Å². The predicted octanol–water partition coefficient (Wildman–Crippen LogP) is 2.15. The minimum atomic E-state index is -3.22. The Hall–Kier alpha value is -1.40. The average Bonchev–Trinajstić information content (AvgIpc) is 2.62. The van der Waals surface area contributed by atoms with Crippen LogP contribution < -0.4 is 0 Å². The van der Waals surface area contributed by atoms with Crippen LogP contribution in [0.1, 0.15) is 37.7 Å². The molecular formula is C18H25NO4S. The van der Waals surface area contributed by atoms with Crippen molar-refractivity contribution in [3.63, 3.8) is 0 Å². The van der Waals surface area contributed by atoms with E-state index in [-0.39, 0.29) is 5.91 Å². The average molecular weight is 351 g/mol. The Balaban J connectivity index is 1.94. The normalized spacial score (nSPS) is 21.5. The van der Waals surface area contributed by atoms with Gasteiger partial charge in [0.15, 0.2) is 9.84 Å². The van der Waals surface area contributed by atoms with Crippen LogP contribution in [0.15, 0.2) is 29.2 Å². The molecule has 0 bridgehead atoms. The van der Waals surface area contributed by atoms with E-state index < -0.39 is 15.3 Å². The largest absolute Gasteiger partial charge is 0.378 e. The molecule has 0 radical (unpaired) electrons. The molecule has 0 unspecified atom stereocenters. The molecule has 24 heavy (non-hydrogen) atoms. The highest BCUT2D eigenvalue weighted by atomic mass is 32.2. The second kappa shape index (κ2) is 6.84. The summed E-state index contributed by atoms with van der Waals surface area (Å²) < 4.78 is 28.8. The van der Waals surface area contributed by atoms with Crippen LogP contribution in [0, 0.1) is 0 Å². The smallest absolute Gasteiger partial charge is 0.233 e. The molecule has 6 heteroatoms. The molecule has 0 spiro atoms. The van der Waals surface area contributed by atoms with Gasteiger partial charge in [0.05, 0.1) is 23.5 Å². The Kier molecular flexibility index (Phi) is 4.97. The molecule has 1 aromatic carbocycles. The van der Waals surface area contributed by atoms with E-state index in [2.05, 4.69) is 0 Å². The molecule has 2 fully saturated rings. The lowest BCUT2D eigenvalue weighted by Gasteiger charge is -2.41. The summed E-state index contributed by atoms with van der Waals surface area (Å²) in [5.74, 6) is 0.178. The fraction of sp³-hybridized carbons (Fsp3) is 0.611. The third kappa shape index (κ3) is 3.35. The van der Waals surface area contributed by atoms with Gasteiger partial charge >= 0.3 is 0 Å². The number of hydrogen-bond acceptors (Lipinski definition) is 4. The van der Waals surface area contributed by atoms with Crippen molar-refractivity contribution in [3.05, 3.63) is 29.8 Å². The molecule has 1 aromatic rings. The highest BCUT2D eigenvalue weighted by Crippen LogP contribution is 2.41. The molecule has 1 aliphatic heterocycles. The fourth-order valence-electron chi connectivity index (χ4n) is 3.87. The standard InChI is InChI=1S/C18H25NO4S/c1-24(21,22)16-7-5-15(6-8-16)18(9-3-2-4-10-18)17(20)19-11-13-23-14-12-19/h5-8H,2-4,9-14H2,1H3. The first-order chi connectivity index (χ1) is 11.4. The second-order valence-electron chi connectivity index (χ2n) is 6.84. The molecule has 0 N–H and O–H groups in total. The van der Waals surface area contributed by atoms with E-state index in [1.54, 1.807) is 12.1 Å². The Morgan fingerprint density at radius 3 is 2.17 bits per heavy atom. The second-order valence-corrected chi connectivity index (χ2v) is 8.86. The first-order valence-corrected chi connectivity index (χ1v) is 10.5. The van der Waals surface area contributed by atoms with E-state index in [9.17, 15) is 13.2 Å². The summed E-state index contributed by atoms with van der Waals surface area (Å²) in [6, 6.07) is 6.93. The summed E-state index contributed by atoms with van der Waals surface area (Å²) in [6.45, 7) is 2.47. The molecule has 1 amide bonds. The minimum absolute atomic E-state index is 0.178. The number of carbonyl (C=O) groups excluding carboxylic acids is 1. The quantitative estimate of drug-likeness (QED) is 0.837. The highest BCUT2D eigenvalue weighted by molar-refractivity contribution is 7.90. The van der Waals surface area contributed by atoms with Gasteiger partial charge < -0.3 is 9.64 Å². The number of benzene rings is 1. The van der Waals surface area contributed by atoms with Crippen LogP contribution in [0.3, 0.4) is 0 Å². The maximum Gasteiger partial charge on any atom is 0.233 e. The van der Waals surface area contributed by atoms with E-state index in [4.69, 9.17) is 4.74 Å². The van der Waals surface area contributed by atoms with Gasteiger partial charge in [-0.2, -0.15) is 0 Å². The van der Waals surface area contributed by atoms with Crippen LogP contribution in [-0.2, 0) is 24.8 Å². The van der Waals surface area contributed by atoms with Gasteiger partial charge in [-0.05, 0) is 30.5 Å². The predicted molar refractivity (Wildman–Crippen MR) is 91.7 cm³/mol. The molecule has 132 valence electrons. The SMILES string of the molecule is CS(=O)(=O)c1ccc(C2(C(=O)N3CCOCC3)CCCCC2)cc1. The van der Waals surface area contributed by atoms with Gasteiger partial charge in [0.2, 0.25) is 5.91 Å². The fourth-order valence-corrected chi connectivity index (χ4v) is 4.50. The highest BCUT2D eigenvalue weighted by Gasteiger charge is 2.43. The zero-order chi connectivity index (χ0) is 17.2. The Labute approximate surface area is 143 Å². The van der Waals surface area contributed by atoms with Gasteiger partial charge in [0, 0.05) is 19.3 Å². The minimum Gasteiger partial charge on any atom is -0.378 e. The number of carbonyl (C=O) groups is 1. The van der Waals surface area contributed by atoms with Crippen molar-refractivity contribution in [1.82, 2.24) is 4.90 Å². The Morgan fingerprint density at radius 1 is 1.04 bits per heavy atom. The number of hydrogen-bond donors (Lipinski definition) is 0. The molecule has 1 aliphatic carbocycles. The van der Waals surface area contributed by atoms with Gasteiger partial charge in [-0.1, -0.05) is 31.4 Å². The summed E-state index contributed by atoms with van der Waals surface area (Å²) in [7, 11) is -3.22. The van der Waals surface area contributed by atoms with Crippen LogP contribution in [-0.4, -0.2) is 51.8 Å². The third-order valence-electron chi connectivity index (χ3n) is 5.25. The maximum atomic E-state index is 13.3. The first-order valence-electron chi connectivity index (χ1n) is 8.61. The number of rotatable bonds is 3. The number of ether oxygens (including phenoxy) is 1. The Bertz CT molecular complexity index is 684. The van der Waals surface area contributed by atoms with Crippen molar-refractivity contribution in [2.24, 2.45) is 0 Å². The molecular weight excluding hydrogens is 326 g/mol. The summed E-state index contributed by atoms with van der Waals surface area (Å²) >= 11 is 0. The van der Waals surface area contributed by atoms with Crippen molar-refractivity contribution in [2.45, 2.75) is 42.4 Å². The molecule has 0 aromatic heterocycles. The molecule has 1 saturated heterocycles. The summed E-state index contributed by atoms with van der Waals surface area (Å²) in [6.07, 6.45) is 6.09. The lowest BCUT2D eigenvalue weighted by Crippen LogP contribution is -2.51. The van der Waals surface area contributed by atoms with Crippen LogP contribution in [0.2, 0.25) is 0 Å². The van der Waals surface area contributed by atoms with Gasteiger partial charge in [0.25, 0.3) is 0 Å². The zero-order valence-electron chi connectivity index (χ0n) is 14.2. The van der Waals surface area contributed by atoms with Gasteiger partial charge in [0.1, 0.15) is 0 Å². The monoisotopic (exact) mass is 351 g/mol. The van der Waals surface area contributed by atoms with Crippen molar-refractivity contribution in [3.8, 4) is 0 Å². The lowest BCUT2D eigenvalue weighted by atomic mass is 9.68. The molecule has 1 heterocycles. The van der Waals surface area contributed by atoms with Gasteiger partial charge in [-0.3, -0.25) is 4.79 Å².